The van der Waals surface area contributed by atoms with Crippen LogP contribution in [0.2, 0.25) is 10.0 Å². The van der Waals surface area contributed by atoms with Gasteiger partial charge in [0.2, 0.25) is 0 Å². The molecular formula is C18H13Cl2NO. The third kappa shape index (κ3) is 2.61. The largest absolute Gasteiger partial charge is 0.376 e. The third-order valence-electron chi connectivity index (χ3n) is 3.59. The van der Waals surface area contributed by atoms with Crippen LogP contribution in [0.4, 0.5) is 0 Å². The summed E-state index contributed by atoms with van der Waals surface area (Å²) < 4.78 is 0. The van der Waals surface area contributed by atoms with Crippen molar-refractivity contribution in [2.24, 2.45) is 0 Å². The Kier molecular flexibility index (Phi) is 4.16. The maximum atomic E-state index is 11.5. The maximum Gasteiger partial charge on any atom is 0.143 e. The molecule has 1 N–H and O–H groups in total. The summed E-state index contributed by atoms with van der Waals surface area (Å²) in [5.41, 5.74) is 0.535. The predicted octanol–water partition coefficient (Wildman–Crippen LogP) is 4.67. The molecule has 22 heavy (non-hydrogen) atoms. The molecule has 0 unspecified atom stereocenters. The molecule has 2 aromatic carbocycles. The van der Waals surface area contributed by atoms with E-state index in [2.05, 4.69) is 4.98 Å². The average molecular weight is 330 g/mol. The second-order valence-corrected chi connectivity index (χ2v) is 5.79. The first-order valence-corrected chi connectivity index (χ1v) is 7.52. The van der Waals surface area contributed by atoms with Gasteiger partial charge in [-0.3, -0.25) is 4.98 Å². The number of benzene rings is 2. The van der Waals surface area contributed by atoms with Gasteiger partial charge in [0, 0.05) is 33.6 Å². The van der Waals surface area contributed by atoms with Crippen molar-refractivity contribution in [3.63, 3.8) is 0 Å². The summed E-state index contributed by atoms with van der Waals surface area (Å²) in [5, 5.41) is 12.5. The minimum atomic E-state index is -1.39. The standard InChI is InChI=1S/C18H13Cl2NO/c19-15-8-9-16(17(20)11-15)18(22,13-5-2-1-3-6-13)14-7-4-10-21-12-14/h1-12,22H/t18-/m1/s1. The second-order valence-electron chi connectivity index (χ2n) is 4.94. The number of hydrogen-bond acceptors (Lipinski definition) is 2. The van der Waals surface area contributed by atoms with Crippen LogP contribution in [0.5, 0.6) is 0 Å². The van der Waals surface area contributed by atoms with Crippen molar-refractivity contribution in [2.75, 3.05) is 0 Å². The Morgan fingerprint density at radius 3 is 2.23 bits per heavy atom. The van der Waals surface area contributed by atoms with Gasteiger partial charge in [0.25, 0.3) is 0 Å². The molecule has 0 radical (unpaired) electrons. The monoisotopic (exact) mass is 329 g/mol. The van der Waals surface area contributed by atoms with Crippen LogP contribution in [0.1, 0.15) is 16.7 Å². The fourth-order valence-electron chi connectivity index (χ4n) is 2.52. The Bertz CT molecular complexity index is 736. The molecule has 0 bridgehead atoms. The summed E-state index contributed by atoms with van der Waals surface area (Å²) in [7, 11) is 0. The van der Waals surface area contributed by atoms with Gasteiger partial charge in [-0.25, -0.2) is 0 Å². The van der Waals surface area contributed by atoms with E-state index in [4.69, 9.17) is 23.2 Å². The van der Waals surface area contributed by atoms with Gasteiger partial charge in [-0.1, -0.05) is 65.7 Å². The molecule has 0 aliphatic heterocycles. The fourth-order valence-corrected chi connectivity index (χ4v) is 3.06. The van der Waals surface area contributed by atoms with Gasteiger partial charge in [-0.15, -0.1) is 0 Å². The summed E-state index contributed by atoms with van der Waals surface area (Å²) >= 11 is 12.3. The molecule has 0 aliphatic rings. The Hall–Kier alpha value is -1.87. The SMILES string of the molecule is O[C@](c1ccccc1)(c1cccnc1)c1ccc(Cl)cc1Cl. The maximum absolute atomic E-state index is 11.5. The lowest BCUT2D eigenvalue weighted by atomic mass is 9.81. The van der Waals surface area contributed by atoms with Gasteiger partial charge in [-0.2, -0.15) is 0 Å². The van der Waals surface area contributed by atoms with Crippen LogP contribution in [0.3, 0.4) is 0 Å². The Balaban J connectivity index is 2.28. The molecule has 0 saturated carbocycles. The number of rotatable bonds is 3. The summed E-state index contributed by atoms with van der Waals surface area (Å²) in [4.78, 5) is 4.12. The van der Waals surface area contributed by atoms with Crippen LogP contribution >= 0.6 is 23.2 Å². The van der Waals surface area contributed by atoms with Crippen molar-refractivity contribution in [1.29, 1.82) is 0 Å². The van der Waals surface area contributed by atoms with E-state index in [0.29, 0.717) is 26.7 Å². The average Bonchev–Trinajstić information content (AvgIpc) is 2.56. The highest BCUT2D eigenvalue weighted by atomic mass is 35.5. The van der Waals surface area contributed by atoms with Gasteiger partial charge in [0.1, 0.15) is 5.60 Å². The Labute approximate surface area is 139 Å². The zero-order valence-electron chi connectivity index (χ0n) is 11.6. The molecule has 3 rings (SSSR count). The van der Waals surface area contributed by atoms with E-state index >= 15 is 0 Å². The molecule has 1 atom stereocenters. The van der Waals surface area contributed by atoms with Crippen LogP contribution in [0.25, 0.3) is 0 Å². The summed E-state index contributed by atoms with van der Waals surface area (Å²) in [6.45, 7) is 0. The van der Waals surface area contributed by atoms with Gasteiger partial charge < -0.3 is 5.11 Å². The molecule has 1 aromatic heterocycles. The lowest BCUT2D eigenvalue weighted by molar-refractivity contribution is 0.125. The van der Waals surface area contributed by atoms with Gasteiger partial charge >= 0.3 is 0 Å². The van der Waals surface area contributed by atoms with Crippen molar-refractivity contribution in [3.8, 4) is 0 Å². The highest BCUT2D eigenvalue weighted by molar-refractivity contribution is 6.35. The first-order valence-electron chi connectivity index (χ1n) is 6.76. The third-order valence-corrected chi connectivity index (χ3v) is 4.14. The number of aliphatic hydroxyl groups is 1. The van der Waals surface area contributed by atoms with E-state index in [0.717, 1.165) is 0 Å². The molecule has 1 heterocycles. The number of nitrogens with zero attached hydrogens (tertiary/aromatic N) is 1. The number of aromatic nitrogens is 1. The van der Waals surface area contributed by atoms with Gasteiger partial charge in [0.15, 0.2) is 0 Å². The Morgan fingerprint density at radius 2 is 1.59 bits per heavy atom. The molecular weight excluding hydrogens is 317 g/mol. The van der Waals surface area contributed by atoms with Crippen LogP contribution < -0.4 is 0 Å². The molecule has 0 amide bonds. The van der Waals surface area contributed by atoms with E-state index in [9.17, 15) is 5.11 Å². The van der Waals surface area contributed by atoms with Crippen molar-refractivity contribution in [3.05, 3.63) is 99.8 Å². The second kappa shape index (κ2) is 6.09. The minimum Gasteiger partial charge on any atom is -0.376 e. The smallest absolute Gasteiger partial charge is 0.143 e. The summed E-state index contributed by atoms with van der Waals surface area (Å²) in [6.07, 6.45) is 3.30. The van der Waals surface area contributed by atoms with Crippen LogP contribution in [-0.2, 0) is 5.60 Å². The predicted molar refractivity (Wildman–Crippen MR) is 89.2 cm³/mol. The number of pyridine rings is 1. The molecule has 0 saturated heterocycles. The lowest BCUT2D eigenvalue weighted by Gasteiger charge is -2.30. The molecule has 0 spiro atoms. The van der Waals surface area contributed by atoms with Crippen molar-refractivity contribution in [2.45, 2.75) is 5.60 Å². The molecule has 0 fully saturated rings. The summed E-state index contributed by atoms with van der Waals surface area (Å²) in [5.74, 6) is 0. The normalized spacial score (nSPS) is 13.6. The van der Waals surface area contributed by atoms with Crippen molar-refractivity contribution in [1.82, 2.24) is 4.98 Å². The van der Waals surface area contributed by atoms with E-state index in [1.54, 1.807) is 36.7 Å². The molecule has 110 valence electrons. The van der Waals surface area contributed by atoms with Gasteiger partial charge in [-0.05, 0) is 23.8 Å². The van der Waals surface area contributed by atoms with Crippen molar-refractivity contribution < 1.29 is 5.11 Å². The summed E-state index contributed by atoms with van der Waals surface area (Å²) in [6, 6.07) is 18.1. The van der Waals surface area contributed by atoms with E-state index in [1.807, 2.05) is 36.4 Å². The number of hydrogen-bond donors (Lipinski definition) is 1. The zero-order valence-corrected chi connectivity index (χ0v) is 13.1. The van der Waals surface area contributed by atoms with E-state index in [1.165, 1.54) is 0 Å². The number of halogens is 2. The van der Waals surface area contributed by atoms with E-state index < -0.39 is 5.60 Å². The minimum absolute atomic E-state index is 0.405. The fraction of sp³-hybridized carbons (Fsp3) is 0.0556. The highest BCUT2D eigenvalue weighted by Gasteiger charge is 2.35. The topological polar surface area (TPSA) is 33.1 Å². The Morgan fingerprint density at radius 1 is 0.864 bits per heavy atom. The first-order chi connectivity index (χ1) is 10.6. The van der Waals surface area contributed by atoms with E-state index in [-0.39, 0.29) is 0 Å². The molecule has 4 heteroatoms. The quantitative estimate of drug-likeness (QED) is 0.757. The van der Waals surface area contributed by atoms with Gasteiger partial charge in [0.05, 0.1) is 0 Å². The highest BCUT2D eigenvalue weighted by Crippen LogP contribution is 2.40. The van der Waals surface area contributed by atoms with Crippen LogP contribution in [0.15, 0.2) is 73.1 Å². The molecule has 3 aromatic rings. The van der Waals surface area contributed by atoms with Crippen molar-refractivity contribution >= 4 is 23.2 Å². The lowest BCUT2D eigenvalue weighted by Crippen LogP contribution is -2.29. The van der Waals surface area contributed by atoms with Crippen LogP contribution in [-0.4, -0.2) is 10.1 Å². The molecule has 2 nitrogen and oxygen atoms in total. The van der Waals surface area contributed by atoms with Crippen LogP contribution in [0, 0.1) is 0 Å². The molecule has 0 aliphatic carbocycles. The first kappa shape index (κ1) is 15.0. The zero-order chi connectivity index (χ0) is 15.6.